The second-order valence-electron chi connectivity index (χ2n) is 4.46. The zero-order valence-corrected chi connectivity index (χ0v) is 12.2. The first-order valence-electron chi connectivity index (χ1n) is 5.77. The van der Waals surface area contributed by atoms with Gasteiger partial charge in [0, 0.05) is 12.4 Å². The first-order chi connectivity index (χ1) is 8.56. The number of pyridine rings is 1. The molecule has 0 aromatic carbocycles. The highest BCUT2D eigenvalue weighted by atomic mass is 79.9. The third-order valence-corrected chi connectivity index (χ3v) is 4.41. The van der Waals surface area contributed by atoms with Gasteiger partial charge in [-0.25, -0.2) is 0 Å². The van der Waals surface area contributed by atoms with Gasteiger partial charge in [-0.15, -0.1) is 0 Å². The molecule has 1 saturated carbocycles. The summed E-state index contributed by atoms with van der Waals surface area (Å²) in [5.74, 6) is -0.112. The SMILES string of the molecule is NC(=S)C1(C(=O)Nc2ccncc2Br)CCCC1. The number of carbonyl (C=O) groups is 1. The minimum absolute atomic E-state index is 0.112. The van der Waals surface area contributed by atoms with E-state index >= 15 is 0 Å². The summed E-state index contributed by atoms with van der Waals surface area (Å²) in [6.07, 6.45) is 6.71. The van der Waals surface area contributed by atoms with Crippen molar-refractivity contribution in [3.05, 3.63) is 22.9 Å². The molecule has 0 spiro atoms. The van der Waals surface area contributed by atoms with Gasteiger partial charge in [-0.05, 0) is 34.8 Å². The number of amides is 1. The number of rotatable bonds is 3. The van der Waals surface area contributed by atoms with Gasteiger partial charge < -0.3 is 11.1 Å². The van der Waals surface area contributed by atoms with E-state index in [-0.39, 0.29) is 5.91 Å². The lowest BCUT2D eigenvalue weighted by molar-refractivity contribution is -0.122. The van der Waals surface area contributed by atoms with E-state index in [1.807, 2.05) is 0 Å². The van der Waals surface area contributed by atoms with Crippen LogP contribution in [-0.2, 0) is 4.79 Å². The number of halogens is 1. The molecule has 1 aromatic rings. The van der Waals surface area contributed by atoms with Crippen molar-refractivity contribution in [2.24, 2.45) is 11.1 Å². The average Bonchev–Trinajstić information content (AvgIpc) is 2.82. The van der Waals surface area contributed by atoms with E-state index in [2.05, 4.69) is 26.2 Å². The van der Waals surface area contributed by atoms with Gasteiger partial charge in [-0.3, -0.25) is 9.78 Å². The van der Waals surface area contributed by atoms with E-state index in [1.165, 1.54) is 0 Å². The molecule has 4 nitrogen and oxygen atoms in total. The molecule has 1 fully saturated rings. The highest BCUT2D eigenvalue weighted by Crippen LogP contribution is 2.39. The zero-order chi connectivity index (χ0) is 13.2. The molecule has 0 bridgehead atoms. The highest BCUT2D eigenvalue weighted by Gasteiger charge is 2.44. The number of nitrogens with zero attached hydrogens (tertiary/aromatic N) is 1. The fourth-order valence-electron chi connectivity index (χ4n) is 2.28. The third-order valence-electron chi connectivity index (χ3n) is 3.38. The van der Waals surface area contributed by atoms with Gasteiger partial charge in [-0.1, -0.05) is 25.1 Å². The monoisotopic (exact) mass is 327 g/mol. The van der Waals surface area contributed by atoms with Gasteiger partial charge >= 0.3 is 0 Å². The van der Waals surface area contributed by atoms with Crippen molar-refractivity contribution in [1.82, 2.24) is 4.98 Å². The quantitative estimate of drug-likeness (QED) is 0.837. The van der Waals surface area contributed by atoms with Crippen LogP contribution < -0.4 is 11.1 Å². The smallest absolute Gasteiger partial charge is 0.237 e. The van der Waals surface area contributed by atoms with Crippen molar-refractivity contribution in [1.29, 1.82) is 0 Å². The molecule has 18 heavy (non-hydrogen) atoms. The molecule has 0 unspecified atom stereocenters. The van der Waals surface area contributed by atoms with Crippen molar-refractivity contribution in [3.8, 4) is 0 Å². The summed E-state index contributed by atoms with van der Waals surface area (Å²) in [4.78, 5) is 16.7. The Bertz CT molecular complexity index is 486. The van der Waals surface area contributed by atoms with Gasteiger partial charge in [0.15, 0.2) is 0 Å². The lowest BCUT2D eigenvalue weighted by Crippen LogP contribution is -2.44. The van der Waals surface area contributed by atoms with Gasteiger partial charge in [0.1, 0.15) is 0 Å². The molecule has 6 heteroatoms. The van der Waals surface area contributed by atoms with Crippen molar-refractivity contribution in [2.45, 2.75) is 25.7 Å². The van der Waals surface area contributed by atoms with Gasteiger partial charge in [0.25, 0.3) is 0 Å². The number of carbonyl (C=O) groups excluding carboxylic acids is 1. The average molecular weight is 328 g/mol. The predicted octanol–water partition coefficient (Wildman–Crippen LogP) is 2.63. The van der Waals surface area contributed by atoms with E-state index < -0.39 is 5.41 Å². The van der Waals surface area contributed by atoms with Gasteiger partial charge in [-0.2, -0.15) is 0 Å². The van der Waals surface area contributed by atoms with Crippen molar-refractivity contribution in [3.63, 3.8) is 0 Å². The van der Waals surface area contributed by atoms with Crippen LogP contribution in [0, 0.1) is 5.41 Å². The lowest BCUT2D eigenvalue weighted by atomic mass is 9.85. The van der Waals surface area contributed by atoms with Crippen LogP contribution in [0.25, 0.3) is 0 Å². The van der Waals surface area contributed by atoms with Crippen LogP contribution in [0.2, 0.25) is 0 Å². The molecule has 1 aromatic heterocycles. The maximum atomic E-state index is 12.4. The minimum atomic E-state index is -0.682. The maximum Gasteiger partial charge on any atom is 0.237 e. The highest BCUT2D eigenvalue weighted by molar-refractivity contribution is 9.10. The second-order valence-corrected chi connectivity index (χ2v) is 5.76. The van der Waals surface area contributed by atoms with E-state index in [0.29, 0.717) is 10.7 Å². The summed E-state index contributed by atoms with van der Waals surface area (Å²) in [7, 11) is 0. The molecule has 1 aliphatic rings. The Hall–Kier alpha value is -1.01. The molecule has 0 saturated heterocycles. The summed E-state index contributed by atoms with van der Waals surface area (Å²) < 4.78 is 0.745. The fourth-order valence-corrected chi connectivity index (χ4v) is 2.93. The molecule has 1 amide bonds. The predicted molar refractivity (Wildman–Crippen MR) is 78.3 cm³/mol. The van der Waals surface area contributed by atoms with Crippen molar-refractivity contribution in [2.75, 3.05) is 5.32 Å². The van der Waals surface area contributed by atoms with E-state index in [0.717, 1.165) is 30.2 Å². The fraction of sp³-hybridized carbons (Fsp3) is 0.417. The zero-order valence-electron chi connectivity index (χ0n) is 9.78. The number of nitrogens with two attached hydrogens (primary N) is 1. The molecule has 2 rings (SSSR count). The summed E-state index contributed by atoms with van der Waals surface area (Å²) in [6.45, 7) is 0. The molecular weight excluding hydrogens is 314 g/mol. The topological polar surface area (TPSA) is 68.0 Å². The molecule has 0 radical (unpaired) electrons. The van der Waals surface area contributed by atoms with Crippen LogP contribution in [-0.4, -0.2) is 15.9 Å². The Balaban J connectivity index is 2.21. The van der Waals surface area contributed by atoms with E-state index in [1.54, 1.807) is 18.5 Å². The largest absolute Gasteiger partial charge is 0.392 e. The summed E-state index contributed by atoms with van der Waals surface area (Å²) >= 11 is 8.43. The summed E-state index contributed by atoms with van der Waals surface area (Å²) in [5, 5.41) is 2.88. The second kappa shape index (κ2) is 5.32. The van der Waals surface area contributed by atoms with E-state index in [9.17, 15) is 4.79 Å². The Kier molecular flexibility index (Phi) is 3.97. The first-order valence-corrected chi connectivity index (χ1v) is 6.97. The van der Waals surface area contributed by atoms with Gasteiger partial charge in [0.2, 0.25) is 5.91 Å². The minimum Gasteiger partial charge on any atom is -0.392 e. The summed E-state index contributed by atoms with van der Waals surface area (Å²) in [5.41, 5.74) is 5.78. The van der Waals surface area contributed by atoms with Crippen molar-refractivity contribution < 1.29 is 4.79 Å². The van der Waals surface area contributed by atoms with Crippen LogP contribution in [0.1, 0.15) is 25.7 Å². The Labute approximate surface area is 119 Å². The first kappa shape index (κ1) is 13.4. The molecule has 1 aliphatic carbocycles. The standard InChI is InChI=1S/C12H14BrN3OS/c13-8-7-15-6-3-9(8)16-11(17)12(10(14)18)4-1-2-5-12/h3,6-7H,1-2,4-5H2,(H2,14,18)(H,15,16,17). The number of hydrogen-bond donors (Lipinski definition) is 2. The van der Waals surface area contributed by atoms with Crippen LogP contribution in [0.4, 0.5) is 5.69 Å². The number of nitrogens with one attached hydrogen (secondary N) is 1. The lowest BCUT2D eigenvalue weighted by Gasteiger charge is -2.26. The molecular formula is C12H14BrN3OS. The Morgan fingerprint density at radius 2 is 2.17 bits per heavy atom. The Morgan fingerprint density at radius 3 is 2.72 bits per heavy atom. The third kappa shape index (κ3) is 2.40. The molecule has 96 valence electrons. The number of aromatic nitrogens is 1. The van der Waals surface area contributed by atoms with Gasteiger partial charge in [0.05, 0.1) is 20.6 Å². The summed E-state index contributed by atoms with van der Waals surface area (Å²) in [6, 6.07) is 1.74. The number of anilines is 1. The van der Waals surface area contributed by atoms with Crippen LogP contribution in [0.15, 0.2) is 22.9 Å². The van der Waals surface area contributed by atoms with Crippen LogP contribution >= 0.6 is 28.1 Å². The van der Waals surface area contributed by atoms with Crippen LogP contribution in [0.5, 0.6) is 0 Å². The number of hydrogen-bond acceptors (Lipinski definition) is 3. The molecule has 1 heterocycles. The normalized spacial score (nSPS) is 17.4. The Morgan fingerprint density at radius 1 is 1.50 bits per heavy atom. The molecule has 3 N–H and O–H groups in total. The number of thiocarbonyl (C=S) groups is 1. The molecule has 0 aliphatic heterocycles. The van der Waals surface area contributed by atoms with E-state index in [4.69, 9.17) is 18.0 Å². The van der Waals surface area contributed by atoms with Crippen molar-refractivity contribution >= 4 is 44.7 Å². The van der Waals surface area contributed by atoms with Crippen LogP contribution in [0.3, 0.4) is 0 Å². The molecule has 0 atom stereocenters. The maximum absolute atomic E-state index is 12.4.